The minimum Gasteiger partial charge on any atom is -0.453 e. The predicted molar refractivity (Wildman–Crippen MR) is 201 cm³/mol. The number of carbonyl (C=O) groups is 4. The van der Waals surface area contributed by atoms with Crippen LogP contribution in [0.3, 0.4) is 0 Å². The molecule has 4 aromatic rings. The molecule has 0 radical (unpaired) electrons. The molecule has 4 heterocycles. The maximum absolute atomic E-state index is 13.5. The third-order valence-electron chi connectivity index (χ3n) is 10.4. The van der Waals surface area contributed by atoms with Crippen LogP contribution in [-0.4, -0.2) is 94.4 Å². The van der Waals surface area contributed by atoms with E-state index in [-0.39, 0.29) is 35.6 Å². The molecule has 13 nitrogen and oxygen atoms in total. The topological polar surface area (TPSA) is 153 Å². The molecule has 3 N–H and O–H groups in total. The maximum atomic E-state index is 13.5. The quantitative estimate of drug-likeness (QED) is 0.195. The van der Waals surface area contributed by atoms with Gasteiger partial charge in [0.1, 0.15) is 17.7 Å². The number of alkyl carbamates (subject to hydrolysis) is 1. The van der Waals surface area contributed by atoms with Crippen molar-refractivity contribution >= 4 is 35.3 Å². The molecule has 7 rings (SSSR count). The van der Waals surface area contributed by atoms with Gasteiger partial charge in [-0.3, -0.25) is 14.4 Å². The monoisotopic (exact) mass is 718 g/mol. The van der Waals surface area contributed by atoms with E-state index < -0.39 is 12.1 Å². The largest absolute Gasteiger partial charge is 0.453 e. The highest BCUT2D eigenvalue weighted by Crippen LogP contribution is 2.34. The zero-order valence-corrected chi connectivity index (χ0v) is 30.4. The molecule has 1 aliphatic carbocycles. The highest BCUT2D eigenvalue weighted by Gasteiger charge is 2.38. The summed E-state index contributed by atoms with van der Waals surface area (Å²) in [6, 6.07) is 18.6. The zero-order chi connectivity index (χ0) is 37.1. The molecule has 4 amide bonds. The van der Waals surface area contributed by atoms with Gasteiger partial charge in [0.2, 0.25) is 11.8 Å². The zero-order valence-electron chi connectivity index (χ0n) is 30.4. The highest BCUT2D eigenvalue weighted by molar-refractivity contribution is 6.04. The molecule has 0 unspecified atom stereocenters. The Morgan fingerprint density at radius 3 is 2.11 bits per heavy atom. The fourth-order valence-corrected chi connectivity index (χ4v) is 7.09. The van der Waals surface area contributed by atoms with Gasteiger partial charge in [0.25, 0.3) is 5.91 Å². The molecule has 2 saturated heterocycles. The van der Waals surface area contributed by atoms with Crippen molar-refractivity contribution in [2.24, 2.45) is 11.8 Å². The molecule has 3 fully saturated rings. The third-order valence-corrected chi connectivity index (χ3v) is 10.4. The fraction of sp³-hybridized carbons (Fsp3) is 0.400. The second-order valence-corrected chi connectivity index (χ2v) is 14.3. The van der Waals surface area contributed by atoms with Crippen LogP contribution >= 0.6 is 0 Å². The summed E-state index contributed by atoms with van der Waals surface area (Å²) in [5.41, 5.74) is 4.99. The van der Waals surface area contributed by atoms with Gasteiger partial charge in [-0.25, -0.2) is 14.8 Å². The molecule has 1 saturated carbocycles. The van der Waals surface area contributed by atoms with Crippen molar-refractivity contribution in [1.29, 1.82) is 0 Å². The van der Waals surface area contributed by atoms with Gasteiger partial charge in [-0.2, -0.15) is 0 Å². The van der Waals surface area contributed by atoms with Crippen LogP contribution in [-0.2, 0) is 14.3 Å². The molecule has 53 heavy (non-hydrogen) atoms. The van der Waals surface area contributed by atoms with Crippen molar-refractivity contribution < 1.29 is 23.9 Å². The Kier molecular flexibility index (Phi) is 10.4. The van der Waals surface area contributed by atoms with E-state index in [0.29, 0.717) is 30.9 Å². The highest BCUT2D eigenvalue weighted by atomic mass is 16.5. The van der Waals surface area contributed by atoms with Crippen LogP contribution in [0.25, 0.3) is 22.4 Å². The third kappa shape index (κ3) is 8.03. The number of H-pyrrole nitrogens is 1. The van der Waals surface area contributed by atoms with Crippen molar-refractivity contribution in [3.05, 3.63) is 84.4 Å². The van der Waals surface area contributed by atoms with Crippen LogP contribution in [0.2, 0.25) is 0 Å². The molecule has 2 aliphatic heterocycles. The lowest BCUT2D eigenvalue weighted by atomic mass is 10.0. The van der Waals surface area contributed by atoms with E-state index in [1.807, 2.05) is 73.3 Å². The first kappa shape index (κ1) is 35.7. The van der Waals surface area contributed by atoms with E-state index in [9.17, 15) is 19.2 Å². The van der Waals surface area contributed by atoms with E-state index in [4.69, 9.17) is 4.74 Å². The normalized spacial score (nSPS) is 17.8. The molecule has 3 aliphatic rings. The number of nitrogens with one attached hydrogen (secondary N) is 3. The van der Waals surface area contributed by atoms with Crippen molar-refractivity contribution in [3.8, 4) is 22.4 Å². The lowest BCUT2D eigenvalue weighted by Gasteiger charge is -2.35. The number of nitrogens with zero attached hydrogens (tertiary/aromatic N) is 5. The first-order valence-electron chi connectivity index (χ1n) is 18.4. The van der Waals surface area contributed by atoms with Gasteiger partial charge in [-0.1, -0.05) is 50.2 Å². The van der Waals surface area contributed by atoms with Crippen LogP contribution in [0.5, 0.6) is 0 Å². The average Bonchev–Trinajstić information content (AvgIpc) is 3.71. The van der Waals surface area contributed by atoms with Gasteiger partial charge >= 0.3 is 6.09 Å². The summed E-state index contributed by atoms with van der Waals surface area (Å²) >= 11 is 0. The van der Waals surface area contributed by atoms with Gasteiger partial charge in [0.05, 0.1) is 30.6 Å². The lowest BCUT2D eigenvalue weighted by molar-refractivity contribution is -0.135. The number of pyridine rings is 1. The van der Waals surface area contributed by atoms with Crippen molar-refractivity contribution in [2.45, 2.75) is 51.6 Å². The Morgan fingerprint density at radius 2 is 1.49 bits per heavy atom. The minimum absolute atomic E-state index is 0.103. The first-order valence-corrected chi connectivity index (χ1v) is 18.4. The van der Waals surface area contributed by atoms with E-state index in [0.717, 1.165) is 72.8 Å². The number of hydrogen-bond donors (Lipinski definition) is 3. The SMILES string of the molecule is COC(=O)N[C@H](C(=O)N1CCC[C@H]1c1ncc(-c2ccc(-c3ccc(NC(=O)c4ccc(N5CCN(C(=O)C6CC6)CC5)nc4)cc3)cc2)[nH]1)C(C)C. The number of carbonyl (C=O) groups excluding carboxylic acids is 4. The maximum Gasteiger partial charge on any atom is 0.407 e. The standard InChI is InChI=1S/C40H46N8O5/c1-25(2)35(45-40(52)53-3)39(51)48-18-4-5-33(48)36-42-24-32(44-36)28-8-6-26(7-9-28)27-12-15-31(16-13-27)43-37(49)30-14-17-34(41-23-30)46-19-21-47(22-20-46)38(50)29-10-11-29/h6-9,12-17,23-25,29,33,35H,4-5,10-11,18-22H2,1-3H3,(H,42,44)(H,43,49)(H,45,52)/t33-,35-/m0/s1. The van der Waals surface area contributed by atoms with Gasteiger partial charge in [0.15, 0.2) is 0 Å². The predicted octanol–water partition coefficient (Wildman–Crippen LogP) is 5.49. The van der Waals surface area contributed by atoms with E-state index in [1.54, 1.807) is 23.4 Å². The number of piperazine rings is 1. The smallest absolute Gasteiger partial charge is 0.407 e. The van der Waals surface area contributed by atoms with Crippen LogP contribution in [0.4, 0.5) is 16.3 Å². The molecule has 2 aromatic heterocycles. The summed E-state index contributed by atoms with van der Waals surface area (Å²) in [4.78, 5) is 69.3. The summed E-state index contributed by atoms with van der Waals surface area (Å²) in [5, 5.41) is 5.65. The fourth-order valence-electron chi connectivity index (χ4n) is 7.09. The number of likely N-dealkylation sites (tertiary alicyclic amines) is 1. The van der Waals surface area contributed by atoms with Crippen molar-refractivity contribution in [2.75, 3.05) is 50.1 Å². The summed E-state index contributed by atoms with van der Waals surface area (Å²) in [7, 11) is 1.29. The Morgan fingerprint density at radius 1 is 0.811 bits per heavy atom. The number of ether oxygens (including phenoxy) is 1. The molecule has 2 aromatic carbocycles. The van der Waals surface area contributed by atoms with Gasteiger partial charge in [-0.05, 0) is 72.6 Å². The van der Waals surface area contributed by atoms with Crippen LogP contribution < -0.4 is 15.5 Å². The molecular weight excluding hydrogens is 672 g/mol. The Labute approximate surface area is 309 Å². The van der Waals surface area contributed by atoms with Gasteiger partial charge < -0.3 is 35.1 Å². The first-order chi connectivity index (χ1) is 25.7. The van der Waals surface area contributed by atoms with Crippen LogP contribution in [0, 0.1) is 11.8 Å². The summed E-state index contributed by atoms with van der Waals surface area (Å²) < 4.78 is 4.74. The van der Waals surface area contributed by atoms with Gasteiger partial charge in [-0.15, -0.1) is 0 Å². The van der Waals surface area contributed by atoms with E-state index >= 15 is 0 Å². The van der Waals surface area contributed by atoms with Gasteiger partial charge in [0, 0.05) is 50.5 Å². The number of amides is 4. The van der Waals surface area contributed by atoms with Crippen molar-refractivity contribution in [1.82, 2.24) is 30.1 Å². The van der Waals surface area contributed by atoms with Crippen LogP contribution in [0.1, 0.15) is 61.8 Å². The lowest BCUT2D eigenvalue weighted by Crippen LogP contribution is -2.51. The summed E-state index contributed by atoms with van der Waals surface area (Å²) in [6.07, 6.45) is 6.43. The van der Waals surface area contributed by atoms with Crippen molar-refractivity contribution in [3.63, 3.8) is 0 Å². The molecule has 2 atom stereocenters. The summed E-state index contributed by atoms with van der Waals surface area (Å²) in [6.45, 7) is 7.26. The number of anilines is 2. The molecule has 276 valence electrons. The number of imidazole rings is 1. The number of aromatic nitrogens is 3. The van der Waals surface area contributed by atoms with E-state index in [2.05, 4.69) is 30.5 Å². The molecule has 13 heteroatoms. The van der Waals surface area contributed by atoms with Crippen LogP contribution in [0.15, 0.2) is 73.1 Å². The minimum atomic E-state index is -0.686. The second-order valence-electron chi connectivity index (χ2n) is 14.3. The number of benzene rings is 2. The molecular formula is C40H46N8O5. The number of rotatable bonds is 10. The number of aromatic amines is 1. The molecule has 0 spiro atoms. The molecule has 0 bridgehead atoms. The second kappa shape index (κ2) is 15.5. The Hall–Kier alpha value is -5.72. The van der Waals surface area contributed by atoms with E-state index in [1.165, 1.54) is 7.11 Å². The Bertz CT molecular complexity index is 1930. The Balaban J connectivity index is 0.932. The number of methoxy groups -OCH3 is 1. The summed E-state index contributed by atoms with van der Waals surface area (Å²) in [5.74, 6) is 1.57. The number of hydrogen-bond acceptors (Lipinski definition) is 8. The average molecular weight is 719 g/mol.